The zero-order chi connectivity index (χ0) is 19.8. The zero-order valence-corrected chi connectivity index (χ0v) is 16.6. The van der Waals surface area contributed by atoms with E-state index in [0.717, 1.165) is 38.8 Å². The molecule has 3 aromatic rings. The minimum Gasteiger partial charge on any atom is -0.425 e. The van der Waals surface area contributed by atoms with Gasteiger partial charge in [0.2, 0.25) is 0 Å². The van der Waals surface area contributed by atoms with Gasteiger partial charge in [0.05, 0.1) is 0 Å². The van der Waals surface area contributed by atoms with Crippen molar-refractivity contribution in [1.82, 2.24) is 9.47 Å². The average Bonchev–Trinajstić information content (AvgIpc) is 3.13. The lowest BCUT2D eigenvalue weighted by atomic mass is 10.1. The van der Waals surface area contributed by atoms with Crippen LogP contribution in [0.1, 0.15) is 12.5 Å². The third-order valence-corrected chi connectivity index (χ3v) is 5.24. The molecule has 1 fully saturated rings. The number of aromatic nitrogens is 1. The van der Waals surface area contributed by atoms with E-state index in [-0.39, 0.29) is 17.7 Å². The Labute approximate surface area is 167 Å². The van der Waals surface area contributed by atoms with E-state index in [1.165, 1.54) is 0 Å². The second-order valence-corrected chi connectivity index (χ2v) is 7.27. The molecule has 4 rings (SSSR count). The van der Waals surface area contributed by atoms with Crippen molar-refractivity contribution in [3.63, 3.8) is 0 Å². The Kier molecular flexibility index (Phi) is 5.14. The van der Waals surface area contributed by atoms with Gasteiger partial charge in [-0.2, -0.15) is 0 Å². The number of nitrogens with zero attached hydrogens (tertiary/aromatic N) is 2. The monoisotopic (exact) mass is 416 g/mol. The molecule has 0 spiro atoms. The number of amides is 1. The third-order valence-electron chi connectivity index (χ3n) is 4.59. The number of fused-ring (bicyclic) bond motifs is 3. The topological polar surface area (TPSA) is 84.2 Å². The lowest BCUT2D eigenvalue weighted by molar-refractivity contribution is -0.124. The Hall–Kier alpha value is -2.35. The Bertz CT molecular complexity index is 1120. The molecule has 0 unspecified atom stereocenters. The molecule has 0 bridgehead atoms. The molecule has 1 aliphatic heterocycles. The van der Waals surface area contributed by atoms with E-state index in [1.807, 2.05) is 30.3 Å². The summed E-state index contributed by atoms with van der Waals surface area (Å²) in [6, 6.07) is 14.1. The highest BCUT2D eigenvalue weighted by atomic mass is 32.1. The number of carbonyl (C=O) groups is 1. The number of ether oxygens (including phenoxy) is 1. The highest BCUT2D eigenvalue weighted by molar-refractivity contribution is 7.80. The van der Waals surface area contributed by atoms with Crippen LogP contribution in [0.5, 0.6) is 0 Å². The van der Waals surface area contributed by atoms with Crippen LogP contribution in [0, 0.1) is 0 Å². The Morgan fingerprint density at radius 2 is 1.93 bits per heavy atom. The van der Waals surface area contributed by atoms with E-state index in [4.69, 9.17) is 26.7 Å². The van der Waals surface area contributed by atoms with Gasteiger partial charge in [0.25, 0.3) is 11.1 Å². The molecule has 2 aromatic carbocycles. The Morgan fingerprint density at radius 3 is 2.68 bits per heavy atom. The van der Waals surface area contributed by atoms with Crippen molar-refractivity contribution in [2.24, 2.45) is 0 Å². The molecule has 2 N–H and O–H groups in total. The number of hydrogen-bond acceptors (Lipinski definition) is 6. The largest absolute Gasteiger partial charge is 0.425 e. The molecule has 2 heterocycles. The zero-order valence-electron chi connectivity index (χ0n) is 14.9. The molecule has 0 aliphatic carbocycles. The van der Waals surface area contributed by atoms with Gasteiger partial charge in [0, 0.05) is 28.4 Å². The molecule has 1 aliphatic rings. The fraction of sp³-hybridized carbons (Fsp3) is 0.158. The molecule has 1 saturated heterocycles. The van der Waals surface area contributed by atoms with Crippen molar-refractivity contribution in [2.45, 2.75) is 13.5 Å². The fourth-order valence-electron chi connectivity index (χ4n) is 3.37. The number of benzene rings is 2. The van der Waals surface area contributed by atoms with Gasteiger partial charge < -0.3 is 19.1 Å². The molecule has 7 nitrogen and oxygen atoms in total. The molecule has 0 atom stereocenters. The third kappa shape index (κ3) is 3.30. The molecule has 9 heteroatoms. The summed E-state index contributed by atoms with van der Waals surface area (Å²) in [5.74, 6) is -0.426. The van der Waals surface area contributed by atoms with E-state index >= 15 is 0 Å². The van der Waals surface area contributed by atoms with Crippen LogP contribution in [0.3, 0.4) is 0 Å². The van der Waals surface area contributed by atoms with E-state index in [1.54, 1.807) is 6.08 Å². The summed E-state index contributed by atoms with van der Waals surface area (Å²) in [5.41, 5.74) is 3.08. The highest BCUT2D eigenvalue weighted by Crippen LogP contribution is 2.31. The van der Waals surface area contributed by atoms with Crippen LogP contribution in [0.25, 0.3) is 27.9 Å². The number of rotatable bonds is 5. The normalized spacial score (nSPS) is 16.1. The summed E-state index contributed by atoms with van der Waals surface area (Å²) in [6.45, 7) is 2.58. The first kappa shape index (κ1) is 19.0. The van der Waals surface area contributed by atoms with Crippen molar-refractivity contribution in [2.75, 3.05) is 6.73 Å². The Morgan fingerprint density at radius 1 is 1.18 bits per heavy atom. The van der Waals surface area contributed by atoms with E-state index in [0.29, 0.717) is 0 Å². The maximum absolute atomic E-state index is 12.5. The molecule has 1 aromatic heterocycles. The van der Waals surface area contributed by atoms with Crippen LogP contribution in [-0.4, -0.2) is 37.1 Å². The van der Waals surface area contributed by atoms with Crippen molar-refractivity contribution in [3.8, 4) is 0 Å². The van der Waals surface area contributed by atoms with Crippen LogP contribution in [-0.2, 0) is 20.6 Å². The van der Waals surface area contributed by atoms with E-state index in [9.17, 15) is 4.79 Å². The van der Waals surface area contributed by atoms with Crippen molar-refractivity contribution >= 4 is 59.8 Å². The minimum absolute atomic E-state index is 0.0624. The molecule has 0 radical (unpaired) electrons. The molecule has 28 heavy (non-hydrogen) atoms. The van der Waals surface area contributed by atoms with Crippen LogP contribution in [0.2, 0.25) is 0 Å². The van der Waals surface area contributed by atoms with Gasteiger partial charge in [-0.15, -0.1) is 0 Å². The molecular formula is C19H17N2O5PS. The summed E-state index contributed by atoms with van der Waals surface area (Å²) in [5, 5.41) is 2.14. The Balaban J connectivity index is 1.71. The number of aryl methyl sites for hydroxylation is 1. The quantitative estimate of drug-likeness (QED) is 0.376. The number of thiocarbonyl (C=S) groups is 1. The maximum Gasteiger partial charge on any atom is 0.328 e. The number of hydrogen-bond donors (Lipinski definition) is 2. The average molecular weight is 416 g/mol. The first-order chi connectivity index (χ1) is 13.5. The van der Waals surface area contributed by atoms with E-state index in [2.05, 4.69) is 28.1 Å². The standard InChI is InChI=1S/C19H17N2O5PS/c1-2-20-15-6-4-3-5-13(15)14-9-12(7-8-16(14)20)10-17-18(22)21(19(28)26-17)11-25-27(23)24/h3-10,23-24H,2,11H2,1H3/b17-10+. The second kappa shape index (κ2) is 7.58. The van der Waals surface area contributed by atoms with Gasteiger partial charge >= 0.3 is 8.60 Å². The van der Waals surface area contributed by atoms with Gasteiger partial charge in [-0.1, -0.05) is 24.3 Å². The molecule has 144 valence electrons. The van der Waals surface area contributed by atoms with Gasteiger partial charge in [-0.3, -0.25) is 9.32 Å². The lowest BCUT2D eigenvalue weighted by Crippen LogP contribution is -2.30. The lowest BCUT2D eigenvalue weighted by Gasteiger charge is -2.12. The second-order valence-electron chi connectivity index (χ2n) is 6.16. The predicted octanol–water partition coefficient (Wildman–Crippen LogP) is 3.48. The number of para-hydroxylation sites is 1. The smallest absolute Gasteiger partial charge is 0.328 e. The maximum atomic E-state index is 12.5. The van der Waals surface area contributed by atoms with Crippen LogP contribution in [0.4, 0.5) is 0 Å². The molecule has 1 amide bonds. The fourth-order valence-corrected chi connectivity index (χ4v) is 3.82. The van der Waals surface area contributed by atoms with Crippen molar-refractivity contribution < 1.29 is 23.8 Å². The summed E-state index contributed by atoms with van der Waals surface area (Å²) in [4.78, 5) is 31.2. The van der Waals surface area contributed by atoms with Gasteiger partial charge in [0.1, 0.15) is 6.73 Å². The first-order valence-corrected chi connectivity index (χ1v) is 10.1. The van der Waals surface area contributed by atoms with Crippen LogP contribution < -0.4 is 0 Å². The summed E-state index contributed by atoms with van der Waals surface area (Å²) in [7, 11) is -2.58. The highest BCUT2D eigenvalue weighted by Gasteiger charge is 2.34. The SMILES string of the molecule is CCn1c2ccccc2c2cc(/C=C3/OC(=S)N(COP(O)O)C3=O)ccc21. The van der Waals surface area contributed by atoms with Gasteiger partial charge in [0.15, 0.2) is 5.76 Å². The van der Waals surface area contributed by atoms with Gasteiger partial charge in [-0.25, -0.2) is 4.90 Å². The first-order valence-electron chi connectivity index (χ1n) is 8.56. The van der Waals surface area contributed by atoms with Gasteiger partial charge in [-0.05, 0) is 49.0 Å². The van der Waals surface area contributed by atoms with Crippen LogP contribution in [0.15, 0.2) is 48.2 Å². The predicted molar refractivity (Wildman–Crippen MR) is 111 cm³/mol. The van der Waals surface area contributed by atoms with E-state index < -0.39 is 14.5 Å². The number of carbonyl (C=O) groups excluding carboxylic acids is 1. The molecule has 0 saturated carbocycles. The van der Waals surface area contributed by atoms with Crippen molar-refractivity contribution in [1.29, 1.82) is 0 Å². The summed E-state index contributed by atoms with van der Waals surface area (Å²) < 4.78 is 12.3. The van der Waals surface area contributed by atoms with Crippen molar-refractivity contribution in [3.05, 3.63) is 53.8 Å². The summed E-state index contributed by atoms with van der Waals surface area (Å²) >= 11 is 5.02. The minimum atomic E-state index is -2.58. The van der Waals surface area contributed by atoms with Crippen LogP contribution >= 0.6 is 20.8 Å². The summed E-state index contributed by atoms with van der Waals surface area (Å²) in [6.07, 6.45) is 1.62. The molecular weight excluding hydrogens is 399 g/mol.